The molecule has 0 aromatic carbocycles. The molecule has 22 heavy (non-hydrogen) atoms. The Hall–Kier alpha value is -1.38. The maximum atomic E-state index is 14.3. The van der Waals surface area contributed by atoms with E-state index in [9.17, 15) is 9.28 Å². The van der Waals surface area contributed by atoms with Crippen LogP contribution in [0.3, 0.4) is 0 Å². The van der Waals surface area contributed by atoms with E-state index in [1.165, 1.54) is 13.4 Å². The molecule has 120 valence electrons. The number of nitrogens with zero attached hydrogens (tertiary/aromatic N) is 3. The summed E-state index contributed by atoms with van der Waals surface area (Å²) in [7, 11) is -0.616. The molecular weight excluding hydrogens is 314 g/mol. The number of aromatic nitrogens is 3. The fraction of sp³-hybridized carbons (Fsp3) is 0.500. The summed E-state index contributed by atoms with van der Waals surface area (Å²) in [5.74, 6) is 0.336. The van der Waals surface area contributed by atoms with Crippen LogP contribution in [0.25, 0.3) is 11.0 Å². The van der Waals surface area contributed by atoms with Crippen LogP contribution in [-0.4, -0.2) is 45.4 Å². The Morgan fingerprint density at radius 1 is 1.59 bits per heavy atom. The molecule has 1 aliphatic rings. The number of alkyl halides is 1. The molecule has 1 fully saturated rings. The third-order valence-corrected chi connectivity index (χ3v) is 4.15. The quantitative estimate of drug-likeness (QED) is 0.801. The zero-order valence-corrected chi connectivity index (χ0v) is 12.7. The zero-order chi connectivity index (χ0) is 15.7. The molecule has 0 amide bonds. The van der Waals surface area contributed by atoms with Gasteiger partial charge in [0.15, 0.2) is 6.23 Å². The average molecular weight is 330 g/mol. The maximum absolute atomic E-state index is 14.3. The molecule has 3 heterocycles. The van der Waals surface area contributed by atoms with Gasteiger partial charge in [-0.15, -0.1) is 0 Å². The second-order valence-corrected chi connectivity index (χ2v) is 5.93. The Morgan fingerprint density at radius 2 is 2.41 bits per heavy atom. The number of nitrogen functional groups attached to an aromatic ring is 1. The summed E-state index contributed by atoms with van der Waals surface area (Å²) in [4.78, 5) is 17.3. The third kappa shape index (κ3) is 2.90. The molecule has 0 radical (unpaired) electrons. The number of anilines is 1. The van der Waals surface area contributed by atoms with Crippen molar-refractivity contribution in [2.45, 2.75) is 24.9 Å². The number of nitrogens with two attached hydrogens (primary N) is 1. The van der Waals surface area contributed by atoms with Crippen molar-refractivity contribution < 1.29 is 23.1 Å². The molecule has 1 aliphatic heterocycles. The highest BCUT2D eigenvalue weighted by molar-refractivity contribution is 7.40. The van der Waals surface area contributed by atoms with E-state index in [0.717, 1.165) is 0 Å². The first kappa shape index (κ1) is 15.5. The number of hydrogen-bond acceptors (Lipinski definition) is 7. The number of ether oxygens (including phenoxy) is 1. The second-order valence-electron chi connectivity index (χ2n) is 4.84. The summed E-state index contributed by atoms with van der Waals surface area (Å²) in [5.41, 5.74) is 6.28. The normalized spacial score (nSPS) is 26.6. The molecule has 3 rings (SSSR count). The molecule has 4 unspecified atom stereocenters. The monoisotopic (exact) mass is 330 g/mol. The molecule has 0 bridgehead atoms. The van der Waals surface area contributed by atoms with Gasteiger partial charge in [-0.25, -0.2) is 14.4 Å². The lowest BCUT2D eigenvalue weighted by molar-refractivity contribution is -0.0326. The summed E-state index contributed by atoms with van der Waals surface area (Å²) in [6.07, 6.45) is 0.668. The summed E-state index contributed by atoms with van der Waals surface area (Å²) >= 11 is 0. The van der Waals surface area contributed by atoms with E-state index < -0.39 is 27.1 Å². The van der Waals surface area contributed by atoms with E-state index in [0.29, 0.717) is 16.9 Å². The Bertz CT molecular complexity index is 657. The lowest BCUT2D eigenvalue weighted by atomic mass is 10.2. The Labute approximate surface area is 127 Å². The highest BCUT2D eigenvalue weighted by atomic mass is 31.2. The molecule has 0 aliphatic carbocycles. The number of hydrogen-bond donors (Lipinski definition) is 2. The topological polar surface area (TPSA) is 105 Å². The van der Waals surface area contributed by atoms with Gasteiger partial charge in [-0.3, -0.25) is 0 Å². The van der Waals surface area contributed by atoms with E-state index in [1.807, 2.05) is 0 Å². The molecule has 8 nitrogen and oxygen atoms in total. The van der Waals surface area contributed by atoms with Gasteiger partial charge in [0.2, 0.25) is 0 Å². The van der Waals surface area contributed by atoms with Gasteiger partial charge in [0.05, 0.1) is 18.1 Å². The van der Waals surface area contributed by atoms with Crippen LogP contribution in [0.4, 0.5) is 10.2 Å². The van der Waals surface area contributed by atoms with Gasteiger partial charge < -0.3 is 29.0 Å². The number of halogens is 1. The van der Waals surface area contributed by atoms with Crippen LogP contribution in [-0.2, 0) is 13.8 Å². The minimum Gasteiger partial charge on any atom is -0.383 e. The molecule has 2 aromatic rings. The van der Waals surface area contributed by atoms with Crippen molar-refractivity contribution in [3.8, 4) is 0 Å². The van der Waals surface area contributed by atoms with Crippen LogP contribution in [0.5, 0.6) is 0 Å². The van der Waals surface area contributed by atoms with Crippen molar-refractivity contribution in [2.75, 3.05) is 19.5 Å². The minimum absolute atomic E-state index is 0.0588. The highest BCUT2D eigenvalue weighted by Gasteiger charge is 2.37. The number of rotatable bonds is 5. The predicted molar refractivity (Wildman–Crippen MR) is 77.5 cm³/mol. The Balaban J connectivity index is 1.75. The fourth-order valence-electron chi connectivity index (χ4n) is 2.45. The first-order valence-electron chi connectivity index (χ1n) is 6.62. The summed E-state index contributed by atoms with van der Waals surface area (Å²) in [6, 6.07) is 1.72. The van der Waals surface area contributed by atoms with E-state index in [1.54, 1.807) is 16.8 Å². The zero-order valence-electron chi connectivity index (χ0n) is 11.8. The molecule has 3 N–H and O–H groups in total. The number of fused-ring (bicyclic) bond motifs is 1. The largest absolute Gasteiger partial charge is 0.383 e. The van der Waals surface area contributed by atoms with E-state index in [-0.39, 0.29) is 13.0 Å². The van der Waals surface area contributed by atoms with Gasteiger partial charge in [0.25, 0.3) is 0 Å². The summed E-state index contributed by atoms with van der Waals surface area (Å²) in [5, 5.41) is 0.649. The van der Waals surface area contributed by atoms with Crippen molar-refractivity contribution in [1.82, 2.24) is 14.5 Å². The Morgan fingerprint density at radius 3 is 3.18 bits per heavy atom. The van der Waals surface area contributed by atoms with Crippen molar-refractivity contribution in [3.63, 3.8) is 0 Å². The molecule has 0 spiro atoms. The van der Waals surface area contributed by atoms with Gasteiger partial charge in [-0.1, -0.05) is 0 Å². The molecular formula is C12H16FN4O4P. The van der Waals surface area contributed by atoms with Crippen LogP contribution in [0.15, 0.2) is 18.6 Å². The van der Waals surface area contributed by atoms with E-state index >= 15 is 0 Å². The van der Waals surface area contributed by atoms with Gasteiger partial charge in [0, 0.05) is 19.7 Å². The fourth-order valence-corrected chi connectivity index (χ4v) is 2.85. The predicted octanol–water partition coefficient (Wildman–Crippen LogP) is 1.52. The van der Waals surface area contributed by atoms with Crippen LogP contribution in [0.1, 0.15) is 12.6 Å². The maximum Gasteiger partial charge on any atom is 0.329 e. The summed E-state index contributed by atoms with van der Waals surface area (Å²) in [6.45, 7) is 0.0588. The smallest absolute Gasteiger partial charge is 0.329 e. The van der Waals surface area contributed by atoms with Crippen LogP contribution < -0.4 is 5.73 Å². The van der Waals surface area contributed by atoms with Crippen LogP contribution in [0, 0.1) is 0 Å². The molecule has 0 saturated carbocycles. The van der Waals surface area contributed by atoms with Crippen molar-refractivity contribution in [2.24, 2.45) is 0 Å². The third-order valence-electron chi connectivity index (χ3n) is 3.47. The molecule has 4 atom stereocenters. The second kappa shape index (κ2) is 6.39. The highest BCUT2D eigenvalue weighted by Crippen LogP contribution is 2.37. The Kier molecular flexibility index (Phi) is 4.51. The SMILES string of the molecule is COP(O)OCC1CC(F)C(n2ccc3c(N)ncnc32)O1. The lowest BCUT2D eigenvalue weighted by Gasteiger charge is -2.17. The van der Waals surface area contributed by atoms with Gasteiger partial charge in [-0.05, 0) is 6.07 Å². The first-order valence-corrected chi connectivity index (χ1v) is 7.75. The molecule has 2 aromatic heterocycles. The van der Waals surface area contributed by atoms with E-state index in [4.69, 9.17) is 15.0 Å². The van der Waals surface area contributed by atoms with Crippen molar-refractivity contribution in [3.05, 3.63) is 18.6 Å². The van der Waals surface area contributed by atoms with Gasteiger partial charge >= 0.3 is 8.60 Å². The molecule has 1 saturated heterocycles. The summed E-state index contributed by atoms with van der Waals surface area (Å²) < 4.78 is 31.2. The lowest BCUT2D eigenvalue weighted by Crippen LogP contribution is -2.17. The van der Waals surface area contributed by atoms with E-state index in [2.05, 4.69) is 14.5 Å². The van der Waals surface area contributed by atoms with Crippen molar-refractivity contribution >= 4 is 25.5 Å². The standard InChI is InChI=1S/C12H16FN4O4P/c1-19-22(18)20-5-7-4-9(13)12(21-7)17-3-2-8-10(14)15-6-16-11(8)17/h2-3,6-7,9,12,18H,4-5H2,1H3,(H2,14,15,16). The van der Waals surface area contributed by atoms with Gasteiger partial charge in [0.1, 0.15) is 24.0 Å². The molecule has 10 heteroatoms. The van der Waals surface area contributed by atoms with Crippen LogP contribution in [0.2, 0.25) is 0 Å². The van der Waals surface area contributed by atoms with Gasteiger partial charge in [-0.2, -0.15) is 0 Å². The first-order chi connectivity index (χ1) is 10.6. The minimum atomic E-state index is -1.95. The van der Waals surface area contributed by atoms with Crippen molar-refractivity contribution in [1.29, 1.82) is 0 Å². The van der Waals surface area contributed by atoms with Crippen LogP contribution >= 0.6 is 8.60 Å². The average Bonchev–Trinajstić information content (AvgIpc) is 3.09.